The van der Waals surface area contributed by atoms with Crippen LogP contribution in [0.1, 0.15) is 32.9 Å². The lowest BCUT2D eigenvalue weighted by Crippen LogP contribution is -2.17. The van der Waals surface area contributed by atoms with Gasteiger partial charge in [0.15, 0.2) is 0 Å². The smallest absolute Gasteiger partial charge is 0.0642 e. The standard InChI is InChI=1S/C9H14N2/c1-4-9(2,3)8-7-10-5-6-11-8/h5-7H,4H2,1-3H3. The second-order valence-corrected chi connectivity index (χ2v) is 3.33. The lowest BCUT2D eigenvalue weighted by atomic mass is 9.87. The van der Waals surface area contributed by atoms with Crippen LogP contribution in [-0.4, -0.2) is 9.97 Å². The minimum atomic E-state index is 0.161. The molecule has 0 atom stereocenters. The summed E-state index contributed by atoms with van der Waals surface area (Å²) in [5, 5.41) is 0. The lowest BCUT2D eigenvalue weighted by Gasteiger charge is -2.20. The van der Waals surface area contributed by atoms with Gasteiger partial charge in [0.2, 0.25) is 0 Å². The molecule has 0 saturated carbocycles. The van der Waals surface area contributed by atoms with Crippen LogP contribution in [0, 0.1) is 0 Å². The summed E-state index contributed by atoms with van der Waals surface area (Å²) >= 11 is 0. The second-order valence-electron chi connectivity index (χ2n) is 3.33. The summed E-state index contributed by atoms with van der Waals surface area (Å²) in [6.07, 6.45) is 6.37. The summed E-state index contributed by atoms with van der Waals surface area (Å²) in [5.41, 5.74) is 1.23. The van der Waals surface area contributed by atoms with E-state index in [-0.39, 0.29) is 5.41 Å². The zero-order chi connectivity index (χ0) is 8.32. The van der Waals surface area contributed by atoms with Gasteiger partial charge in [-0.25, -0.2) is 0 Å². The highest BCUT2D eigenvalue weighted by molar-refractivity contribution is 5.08. The van der Waals surface area contributed by atoms with Gasteiger partial charge in [-0.05, 0) is 6.42 Å². The summed E-state index contributed by atoms with van der Waals surface area (Å²) < 4.78 is 0. The van der Waals surface area contributed by atoms with Crippen LogP contribution in [0.5, 0.6) is 0 Å². The summed E-state index contributed by atoms with van der Waals surface area (Å²) in [6.45, 7) is 6.52. The fraction of sp³-hybridized carbons (Fsp3) is 0.556. The van der Waals surface area contributed by atoms with Gasteiger partial charge in [0.25, 0.3) is 0 Å². The predicted molar refractivity (Wildman–Crippen MR) is 45.3 cm³/mol. The Morgan fingerprint density at radius 1 is 1.36 bits per heavy atom. The maximum Gasteiger partial charge on any atom is 0.0642 e. The Bertz CT molecular complexity index is 216. The van der Waals surface area contributed by atoms with E-state index in [1.165, 1.54) is 0 Å². The van der Waals surface area contributed by atoms with Crippen LogP contribution in [0.3, 0.4) is 0 Å². The van der Waals surface area contributed by atoms with Crippen LogP contribution >= 0.6 is 0 Å². The molecule has 0 aliphatic carbocycles. The highest BCUT2D eigenvalue weighted by Crippen LogP contribution is 2.23. The van der Waals surface area contributed by atoms with E-state index < -0.39 is 0 Å². The summed E-state index contributed by atoms with van der Waals surface area (Å²) in [4.78, 5) is 8.30. The third-order valence-corrected chi connectivity index (χ3v) is 2.14. The Hall–Kier alpha value is -0.920. The van der Waals surface area contributed by atoms with E-state index in [2.05, 4.69) is 30.7 Å². The van der Waals surface area contributed by atoms with Gasteiger partial charge in [-0.2, -0.15) is 0 Å². The number of hydrogen-bond acceptors (Lipinski definition) is 2. The van der Waals surface area contributed by atoms with Crippen LogP contribution in [0.4, 0.5) is 0 Å². The van der Waals surface area contributed by atoms with Gasteiger partial charge in [-0.1, -0.05) is 20.8 Å². The first kappa shape index (κ1) is 8.18. The molecule has 0 aliphatic rings. The Morgan fingerprint density at radius 3 is 2.55 bits per heavy atom. The Morgan fingerprint density at radius 2 is 2.09 bits per heavy atom. The van der Waals surface area contributed by atoms with E-state index in [9.17, 15) is 0 Å². The SMILES string of the molecule is CCC(C)(C)c1cnccn1. The van der Waals surface area contributed by atoms with Gasteiger partial charge < -0.3 is 0 Å². The monoisotopic (exact) mass is 150 g/mol. The van der Waals surface area contributed by atoms with Gasteiger partial charge in [0.1, 0.15) is 0 Å². The van der Waals surface area contributed by atoms with Crippen molar-refractivity contribution in [1.82, 2.24) is 9.97 Å². The van der Waals surface area contributed by atoms with Crippen molar-refractivity contribution in [2.45, 2.75) is 32.6 Å². The van der Waals surface area contributed by atoms with E-state index in [0.29, 0.717) is 0 Å². The van der Waals surface area contributed by atoms with Crippen molar-refractivity contribution in [3.8, 4) is 0 Å². The van der Waals surface area contributed by atoms with Crippen LogP contribution in [-0.2, 0) is 5.41 Å². The molecule has 0 bridgehead atoms. The second kappa shape index (κ2) is 2.99. The minimum Gasteiger partial charge on any atom is -0.261 e. The first-order valence-corrected chi connectivity index (χ1v) is 3.93. The normalized spacial score (nSPS) is 11.5. The van der Waals surface area contributed by atoms with Crippen molar-refractivity contribution in [3.05, 3.63) is 24.3 Å². The highest BCUT2D eigenvalue weighted by atomic mass is 14.8. The fourth-order valence-electron chi connectivity index (χ4n) is 0.830. The van der Waals surface area contributed by atoms with Crippen molar-refractivity contribution in [3.63, 3.8) is 0 Å². The topological polar surface area (TPSA) is 25.8 Å². The molecule has 0 aromatic carbocycles. The van der Waals surface area contributed by atoms with E-state index in [4.69, 9.17) is 0 Å². The summed E-state index contributed by atoms with van der Waals surface area (Å²) in [6, 6.07) is 0. The molecule has 1 aromatic heterocycles. The molecule has 1 rings (SSSR count). The third kappa shape index (κ3) is 1.76. The van der Waals surface area contributed by atoms with Crippen molar-refractivity contribution in [1.29, 1.82) is 0 Å². The molecule has 0 aliphatic heterocycles. The molecule has 0 saturated heterocycles. The van der Waals surface area contributed by atoms with Crippen molar-refractivity contribution < 1.29 is 0 Å². The molecular formula is C9H14N2. The zero-order valence-corrected chi connectivity index (χ0v) is 7.33. The van der Waals surface area contributed by atoms with Crippen LogP contribution in [0.25, 0.3) is 0 Å². The number of aromatic nitrogens is 2. The maximum absolute atomic E-state index is 4.26. The molecule has 2 heteroatoms. The molecule has 0 radical (unpaired) electrons. The van der Waals surface area contributed by atoms with Gasteiger partial charge in [-0.3, -0.25) is 9.97 Å². The van der Waals surface area contributed by atoms with Crippen molar-refractivity contribution in [2.24, 2.45) is 0 Å². The van der Waals surface area contributed by atoms with Gasteiger partial charge in [0.05, 0.1) is 5.69 Å². The minimum absolute atomic E-state index is 0.161. The summed E-state index contributed by atoms with van der Waals surface area (Å²) in [7, 11) is 0. The molecule has 0 N–H and O–H groups in total. The zero-order valence-electron chi connectivity index (χ0n) is 7.33. The molecule has 0 spiro atoms. The number of nitrogens with zero attached hydrogens (tertiary/aromatic N) is 2. The van der Waals surface area contributed by atoms with E-state index >= 15 is 0 Å². The number of rotatable bonds is 2. The van der Waals surface area contributed by atoms with E-state index in [1.54, 1.807) is 12.4 Å². The number of hydrogen-bond donors (Lipinski definition) is 0. The predicted octanol–water partition coefficient (Wildman–Crippen LogP) is 2.16. The molecule has 0 fully saturated rings. The largest absolute Gasteiger partial charge is 0.261 e. The van der Waals surface area contributed by atoms with E-state index in [0.717, 1.165) is 12.1 Å². The Labute approximate surface area is 67.7 Å². The van der Waals surface area contributed by atoms with Crippen molar-refractivity contribution >= 4 is 0 Å². The quantitative estimate of drug-likeness (QED) is 0.645. The molecule has 2 nitrogen and oxygen atoms in total. The van der Waals surface area contributed by atoms with Gasteiger partial charge >= 0.3 is 0 Å². The Kier molecular flexibility index (Phi) is 2.22. The fourth-order valence-corrected chi connectivity index (χ4v) is 0.830. The molecule has 1 heterocycles. The Balaban J connectivity index is 2.93. The first-order chi connectivity index (χ1) is 5.17. The average molecular weight is 150 g/mol. The summed E-state index contributed by atoms with van der Waals surface area (Å²) in [5.74, 6) is 0. The third-order valence-electron chi connectivity index (χ3n) is 2.14. The molecule has 1 aromatic rings. The molecular weight excluding hydrogens is 136 g/mol. The lowest BCUT2D eigenvalue weighted by molar-refractivity contribution is 0.488. The van der Waals surface area contributed by atoms with Crippen LogP contribution < -0.4 is 0 Å². The molecule has 60 valence electrons. The van der Waals surface area contributed by atoms with Crippen LogP contribution in [0.15, 0.2) is 18.6 Å². The van der Waals surface area contributed by atoms with Gasteiger partial charge in [0, 0.05) is 24.0 Å². The molecule has 11 heavy (non-hydrogen) atoms. The first-order valence-electron chi connectivity index (χ1n) is 3.93. The maximum atomic E-state index is 4.26. The molecule has 0 unspecified atom stereocenters. The highest BCUT2D eigenvalue weighted by Gasteiger charge is 2.18. The average Bonchev–Trinajstić information content (AvgIpc) is 2.06. The van der Waals surface area contributed by atoms with E-state index in [1.807, 2.05) is 6.20 Å². The molecule has 0 amide bonds. The van der Waals surface area contributed by atoms with Crippen molar-refractivity contribution in [2.75, 3.05) is 0 Å². The van der Waals surface area contributed by atoms with Gasteiger partial charge in [-0.15, -0.1) is 0 Å². The van der Waals surface area contributed by atoms with Crippen LogP contribution in [0.2, 0.25) is 0 Å².